The van der Waals surface area contributed by atoms with Crippen molar-refractivity contribution in [2.24, 2.45) is 0 Å². The molecule has 0 radical (unpaired) electrons. The largest absolute Gasteiger partial charge is 0.454 e. The average Bonchev–Trinajstić information content (AvgIpc) is 3.44. The Morgan fingerprint density at radius 1 is 1.11 bits per heavy atom. The molecule has 5 rings (SSSR count). The third kappa shape index (κ3) is 3.44. The van der Waals surface area contributed by atoms with Gasteiger partial charge in [0.15, 0.2) is 16.6 Å². The second-order valence-electron chi connectivity index (χ2n) is 6.23. The number of aromatic nitrogens is 2. The number of hydrogen-bond acceptors (Lipinski definition) is 7. The molecule has 0 atom stereocenters. The fourth-order valence-electron chi connectivity index (χ4n) is 2.95. The van der Waals surface area contributed by atoms with Crippen molar-refractivity contribution in [2.45, 2.75) is 12.8 Å². The van der Waals surface area contributed by atoms with E-state index in [9.17, 15) is 4.79 Å². The topological polar surface area (TPSA) is 73.3 Å². The molecule has 1 amide bonds. The molecule has 0 saturated heterocycles. The number of carbonyl (C=O) groups excluding carboxylic acids is 1. The minimum absolute atomic E-state index is 0.0640. The molecular weight excluding hydrogens is 394 g/mol. The first-order valence-electron chi connectivity index (χ1n) is 8.74. The summed E-state index contributed by atoms with van der Waals surface area (Å²) >= 11 is 3.03. The molecule has 1 aliphatic heterocycles. The second kappa shape index (κ2) is 7.21. The molecule has 1 aliphatic rings. The normalized spacial score (nSPS) is 12.4. The van der Waals surface area contributed by atoms with Crippen LogP contribution in [-0.2, 0) is 11.2 Å². The van der Waals surface area contributed by atoms with Gasteiger partial charge >= 0.3 is 0 Å². The molecule has 28 heavy (non-hydrogen) atoms. The van der Waals surface area contributed by atoms with E-state index in [0.29, 0.717) is 23.7 Å². The third-order valence-electron chi connectivity index (χ3n) is 4.32. The van der Waals surface area contributed by atoms with Crippen molar-refractivity contribution in [3.05, 3.63) is 52.9 Å². The van der Waals surface area contributed by atoms with Gasteiger partial charge in [0.2, 0.25) is 12.7 Å². The molecule has 1 N–H and O–H groups in total. The minimum Gasteiger partial charge on any atom is -0.454 e. The van der Waals surface area contributed by atoms with Crippen molar-refractivity contribution in [1.29, 1.82) is 0 Å². The van der Waals surface area contributed by atoms with E-state index in [4.69, 9.17) is 9.47 Å². The summed E-state index contributed by atoms with van der Waals surface area (Å²) in [4.78, 5) is 21.4. The van der Waals surface area contributed by atoms with Gasteiger partial charge in [0, 0.05) is 23.8 Å². The van der Waals surface area contributed by atoms with Crippen LogP contribution < -0.4 is 14.8 Å². The Hall–Kier alpha value is -2.97. The Bertz CT molecular complexity index is 1140. The Labute approximate surface area is 168 Å². The van der Waals surface area contributed by atoms with Crippen molar-refractivity contribution in [3.63, 3.8) is 0 Å². The van der Waals surface area contributed by atoms with E-state index in [-0.39, 0.29) is 12.7 Å². The maximum atomic E-state index is 12.3. The van der Waals surface area contributed by atoms with Gasteiger partial charge in [-0.2, -0.15) is 0 Å². The van der Waals surface area contributed by atoms with E-state index in [1.807, 2.05) is 47.8 Å². The van der Waals surface area contributed by atoms with E-state index >= 15 is 0 Å². The highest BCUT2D eigenvalue weighted by atomic mass is 32.1. The van der Waals surface area contributed by atoms with Gasteiger partial charge in [0.25, 0.3) is 0 Å². The number of carbonyl (C=O) groups is 1. The van der Waals surface area contributed by atoms with Gasteiger partial charge in [-0.05, 0) is 30.3 Å². The molecule has 0 spiro atoms. The molecule has 0 fully saturated rings. The van der Waals surface area contributed by atoms with E-state index in [0.717, 1.165) is 32.2 Å². The number of benzene rings is 2. The highest BCUT2D eigenvalue weighted by molar-refractivity contribution is 7.18. The van der Waals surface area contributed by atoms with Crippen molar-refractivity contribution < 1.29 is 14.3 Å². The predicted octanol–water partition coefficient (Wildman–Crippen LogP) is 4.72. The standard InChI is InChI=1S/C20H15N3O3S2/c24-18(7-8-19-21-13-3-1-2-4-17(13)28-19)23-20-22-14(10-27-20)12-5-6-15-16(9-12)26-11-25-15/h1-6,9-10H,7-8,11H2,(H,22,23,24). The van der Waals surface area contributed by atoms with E-state index in [1.165, 1.54) is 11.3 Å². The number of amides is 1. The molecule has 0 saturated carbocycles. The molecular formula is C20H15N3O3S2. The minimum atomic E-state index is -0.0640. The van der Waals surface area contributed by atoms with Gasteiger partial charge in [0.05, 0.1) is 20.9 Å². The van der Waals surface area contributed by atoms with Gasteiger partial charge in [0.1, 0.15) is 0 Å². The number of rotatable bonds is 5. The fourth-order valence-corrected chi connectivity index (χ4v) is 4.65. The molecule has 0 aliphatic carbocycles. The summed E-state index contributed by atoms with van der Waals surface area (Å²) in [6.45, 7) is 0.242. The van der Waals surface area contributed by atoms with Gasteiger partial charge in [-0.1, -0.05) is 12.1 Å². The molecule has 4 aromatic rings. The lowest BCUT2D eigenvalue weighted by Gasteiger charge is -2.01. The number of para-hydroxylation sites is 1. The number of nitrogens with one attached hydrogen (secondary N) is 1. The highest BCUT2D eigenvalue weighted by Gasteiger charge is 2.15. The van der Waals surface area contributed by atoms with Crippen molar-refractivity contribution in [3.8, 4) is 22.8 Å². The predicted molar refractivity (Wildman–Crippen MR) is 110 cm³/mol. The van der Waals surface area contributed by atoms with Gasteiger partial charge < -0.3 is 14.8 Å². The van der Waals surface area contributed by atoms with Crippen molar-refractivity contribution in [2.75, 3.05) is 12.1 Å². The maximum Gasteiger partial charge on any atom is 0.231 e. The summed E-state index contributed by atoms with van der Waals surface area (Å²) in [5.41, 5.74) is 2.71. The van der Waals surface area contributed by atoms with E-state index in [2.05, 4.69) is 15.3 Å². The molecule has 140 valence electrons. The number of nitrogens with zero attached hydrogens (tertiary/aromatic N) is 2. The zero-order valence-electron chi connectivity index (χ0n) is 14.7. The van der Waals surface area contributed by atoms with E-state index in [1.54, 1.807) is 11.3 Å². The summed E-state index contributed by atoms with van der Waals surface area (Å²) in [5, 5.41) is 6.35. The van der Waals surface area contributed by atoms with E-state index < -0.39 is 0 Å². The number of anilines is 1. The first-order valence-corrected chi connectivity index (χ1v) is 10.4. The Kier molecular flexibility index (Phi) is 4.42. The van der Waals surface area contributed by atoms with Gasteiger partial charge in [-0.3, -0.25) is 4.79 Å². The molecule has 0 bridgehead atoms. The van der Waals surface area contributed by atoms with Gasteiger partial charge in [-0.15, -0.1) is 22.7 Å². The molecule has 0 unspecified atom stereocenters. The van der Waals surface area contributed by atoms with Gasteiger partial charge in [-0.25, -0.2) is 9.97 Å². The Morgan fingerprint density at radius 2 is 2.00 bits per heavy atom. The number of aryl methyl sites for hydroxylation is 1. The summed E-state index contributed by atoms with van der Waals surface area (Å²) in [7, 11) is 0. The smallest absolute Gasteiger partial charge is 0.231 e. The maximum absolute atomic E-state index is 12.3. The number of thiazole rings is 2. The van der Waals surface area contributed by atoms with Crippen LogP contribution in [0, 0.1) is 0 Å². The zero-order valence-corrected chi connectivity index (χ0v) is 16.3. The molecule has 8 heteroatoms. The van der Waals surface area contributed by atoms with Crippen LogP contribution in [0.5, 0.6) is 11.5 Å². The first-order chi connectivity index (χ1) is 13.7. The lowest BCUT2D eigenvalue weighted by atomic mass is 10.1. The first kappa shape index (κ1) is 17.2. The summed E-state index contributed by atoms with van der Waals surface area (Å²) < 4.78 is 11.9. The van der Waals surface area contributed by atoms with Crippen LogP contribution in [0.1, 0.15) is 11.4 Å². The van der Waals surface area contributed by atoms with Crippen LogP contribution >= 0.6 is 22.7 Å². The highest BCUT2D eigenvalue weighted by Crippen LogP contribution is 2.36. The Morgan fingerprint density at radius 3 is 2.93 bits per heavy atom. The lowest BCUT2D eigenvalue weighted by Crippen LogP contribution is -2.12. The molecule has 3 heterocycles. The van der Waals surface area contributed by atoms with Crippen LogP contribution in [-0.4, -0.2) is 22.7 Å². The summed E-state index contributed by atoms with van der Waals surface area (Å²) in [6, 6.07) is 13.7. The average molecular weight is 409 g/mol. The monoisotopic (exact) mass is 409 g/mol. The third-order valence-corrected chi connectivity index (χ3v) is 6.18. The number of hydrogen-bond donors (Lipinski definition) is 1. The lowest BCUT2D eigenvalue weighted by molar-refractivity contribution is -0.116. The van der Waals surface area contributed by atoms with Crippen molar-refractivity contribution in [1.82, 2.24) is 9.97 Å². The van der Waals surface area contributed by atoms with Crippen LogP contribution in [0.25, 0.3) is 21.5 Å². The molecule has 2 aromatic carbocycles. The fraction of sp³-hybridized carbons (Fsp3) is 0.150. The number of fused-ring (bicyclic) bond motifs is 2. The Balaban J connectivity index is 1.22. The summed E-state index contributed by atoms with van der Waals surface area (Å²) in [6.07, 6.45) is 0.990. The van der Waals surface area contributed by atoms with Crippen LogP contribution in [0.2, 0.25) is 0 Å². The SMILES string of the molecule is O=C(CCc1nc2ccccc2s1)Nc1nc(-c2ccc3c(c2)OCO3)cs1. The number of ether oxygens (including phenoxy) is 2. The quantitative estimate of drug-likeness (QED) is 0.516. The second-order valence-corrected chi connectivity index (χ2v) is 8.20. The van der Waals surface area contributed by atoms with Crippen LogP contribution in [0.3, 0.4) is 0 Å². The van der Waals surface area contributed by atoms with Crippen molar-refractivity contribution >= 4 is 43.9 Å². The van der Waals surface area contributed by atoms with Crippen LogP contribution in [0.4, 0.5) is 5.13 Å². The van der Waals surface area contributed by atoms with Crippen LogP contribution in [0.15, 0.2) is 47.8 Å². The molecule has 2 aromatic heterocycles. The zero-order chi connectivity index (χ0) is 18.9. The molecule has 6 nitrogen and oxygen atoms in total. The summed E-state index contributed by atoms with van der Waals surface area (Å²) in [5.74, 6) is 1.39.